The molecule has 24 heavy (non-hydrogen) atoms. The molecule has 2 aromatic heterocycles. The van der Waals surface area contributed by atoms with Gasteiger partial charge in [-0.05, 0) is 53.6 Å². The minimum Gasteiger partial charge on any atom is -0.356 e. The van der Waals surface area contributed by atoms with Crippen LogP contribution in [0.15, 0.2) is 29.1 Å². The lowest BCUT2D eigenvalue weighted by molar-refractivity contribution is -0.121. The number of rotatable bonds is 7. The van der Waals surface area contributed by atoms with Gasteiger partial charge in [-0.15, -0.1) is 0 Å². The summed E-state index contributed by atoms with van der Waals surface area (Å²) in [7, 11) is 0. The molecular weight excluding hydrogens is 320 g/mol. The van der Waals surface area contributed by atoms with E-state index in [1.54, 1.807) is 11.3 Å². The summed E-state index contributed by atoms with van der Waals surface area (Å²) in [4.78, 5) is 14.3. The SMILES string of the molecule is O=C(CC1CC1)NCCC1CN(Cc2ccsc2)Cc2ccnn21. The van der Waals surface area contributed by atoms with Gasteiger partial charge in [-0.1, -0.05) is 0 Å². The van der Waals surface area contributed by atoms with Gasteiger partial charge in [-0.2, -0.15) is 16.4 Å². The molecule has 2 aromatic rings. The molecule has 1 amide bonds. The summed E-state index contributed by atoms with van der Waals surface area (Å²) in [6.07, 6.45) is 5.99. The predicted molar refractivity (Wildman–Crippen MR) is 94.7 cm³/mol. The Morgan fingerprint density at radius 2 is 2.29 bits per heavy atom. The molecular formula is C18H24N4OS. The van der Waals surface area contributed by atoms with Crippen LogP contribution in [0.4, 0.5) is 0 Å². The van der Waals surface area contributed by atoms with Gasteiger partial charge in [0.1, 0.15) is 0 Å². The fraction of sp³-hybridized carbons (Fsp3) is 0.556. The molecule has 3 heterocycles. The number of fused-ring (bicyclic) bond motifs is 1. The van der Waals surface area contributed by atoms with Gasteiger partial charge >= 0.3 is 0 Å². The van der Waals surface area contributed by atoms with Crippen molar-refractivity contribution in [1.29, 1.82) is 0 Å². The van der Waals surface area contributed by atoms with E-state index in [0.717, 1.165) is 32.6 Å². The molecule has 1 unspecified atom stereocenters. The zero-order chi connectivity index (χ0) is 16.4. The van der Waals surface area contributed by atoms with Gasteiger partial charge in [-0.3, -0.25) is 14.4 Å². The third-order valence-corrected chi connectivity index (χ3v) is 5.64. The number of hydrogen-bond acceptors (Lipinski definition) is 4. The van der Waals surface area contributed by atoms with E-state index in [0.29, 0.717) is 18.4 Å². The molecule has 0 spiro atoms. The van der Waals surface area contributed by atoms with E-state index in [9.17, 15) is 4.79 Å². The van der Waals surface area contributed by atoms with E-state index in [2.05, 4.69) is 42.9 Å². The zero-order valence-corrected chi connectivity index (χ0v) is 14.7. The highest BCUT2D eigenvalue weighted by atomic mass is 32.1. The molecule has 1 aliphatic heterocycles. The van der Waals surface area contributed by atoms with Gasteiger partial charge in [0.25, 0.3) is 0 Å². The lowest BCUT2D eigenvalue weighted by Crippen LogP contribution is -2.38. The molecule has 0 aromatic carbocycles. The van der Waals surface area contributed by atoms with E-state index in [-0.39, 0.29) is 5.91 Å². The van der Waals surface area contributed by atoms with Crippen LogP contribution in [0, 0.1) is 5.92 Å². The first-order valence-electron chi connectivity index (χ1n) is 8.80. The largest absolute Gasteiger partial charge is 0.356 e. The average Bonchev–Trinajstić information content (AvgIpc) is 3.03. The molecule has 1 atom stereocenters. The van der Waals surface area contributed by atoms with Crippen LogP contribution in [0.2, 0.25) is 0 Å². The topological polar surface area (TPSA) is 50.2 Å². The molecule has 128 valence electrons. The molecule has 6 heteroatoms. The summed E-state index contributed by atoms with van der Waals surface area (Å²) in [5.74, 6) is 0.864. The van der Waals surface area contributed by atoms with Gasteiger partial charge in [-0.25, -0.2) is 0 Å². The Labute approximate surface area is 146 Å². The highest BCUT2D eigenvalue weighted by molar-refractivity contribution is 7.07. The minimum atomic E-state index is 0.212. The van der Waals surface area contributed by atoms with Crippen LogP contribution in [0.25, 0.3) is 0 Å². The summed E-state index contributed by atoms with van der Waals surface area (Å²) in [6.45, 7) is 3.66. The number of carbonyl (C=O) groups excluding carboxylic acids is 1. The standard InChI is InChI=1S/C18H24N4OS/c23-18(9-14-1-2-14)19-6-3-16-11-21(10-15-5-8-24-13-15)12-17-4-7-20-22(16)17/h4-5,7-8,13-14,16H,1-3,6,9-12H2,(H,19,23). The van der Waals surface area contributed by atoms with Crippen LogP contribution in [0.1, 0.15) is 43.0 Å². The molecule has 4 rings (SSSR count). The van der Waals surface area contributed by atoms with Crippen molar-refractivity contribution in [2.75, 3.05) is 13.1 Å². The van der Waals surface area contributed by atoms with Gasteiger partial charge in [0.15, 0.2) is 0 Å². The number of thiophene rings is 1. The second-order valence-corrected chi connectivity index (χ2v) is 7.79. The first-order valence-corrected chi connectivity index (χ1v) is 9.75. The Morgan fingerprint density at radius 1 is 1.38 bits per heavy atom. The fourth-order valence-corrected chi connectivity index (χ4v) is 4.13. The Balaban J connectivity index is 1.33. The monoisotopic (exact) mass is 344 g/mol. The number of hydrogen-bond donors (Lipinski definition) is 1. The van der Waals surface area contributed by atoms with Crippen LogP contribution in [-0.4, -0.2) is 33.7 Å². The molecule has 5 nitrogen and oxygen atoms in total. The Hall–Kier alpha value is -1.66. The van der Waals surface area contributed by atoms with E-state index in [1.807, 2.05) is 6.20 Å². The van der Waals surface area contributed by atoms with Crippen molar-refractivity contribution in [1.82, 2.24) is 20.0 Å². The van der Waals surface area contributed by atoms with Crippen LogP contribution < -0.4 is 5.32 Å². The summed E-state index contributed by atoms with van der Waals surface area (Å²) in [5.41, 5.74) is 2.65. The fourth-order valence-electron chi connectivity index (χ4n) is 3.47. The average molecular weight is 344 g/mol. The van der Waals surface area contributed by atoms with Gasteiger partial charge in [0, 0.05) is 38.8 Å². The second kappa shape index (κ2) is 7.07. The van der Waals surface area contributed by atoms with Crippen LogP contribution in [0.5, 0.6) is 0 Å². The normalized spacial score (nSPS) is 20.8. The van der Waals surface area contributed by atoms with Gasteiger partial charge in [0.2, 0.25) is 5.91 Å². The van der Waals surface area contributed by atoms with Crippen molar-refractivity contribution < 1.29 is 4.79 Å². The number of aromatic nitrogens is 2. The third-order valence-electron chi connectivity index (χ3n) is 4.91. The summed E-state index contributed by atoms with van der Waals surface area (Å²) >= 11 is 1.75. The molecule has 1 N–H and O–H groups in total. The Bertz CT molecular complexity index is 677. The van der Waals surface area contributed by atoms with E-state index in [4.69, 9.17) is 0 Å². The zero-order valence-electron chi connectivity index (χ0n) is 13.9. The number of carbonyl (C=O) groups is 1. The summed E-state index contributed by atoms with van der Waals surface area (Å²) in [5, 5.41) is 11.9. The van der Waals surface area contributed by atoms with Crippen LogP contribution in [-0.2, 0) is 17.9 Å². The number of nitrogens with zero attached hydrogens (tertiary/aromatic N) is 3. The maximum atomic E-state index is 11.9. The first kappa shape index (κ1) is 15.8. The van der Waals surface area contributed by atoms with E-state index in [1.165, 1.54) is 24.1 Å². The highest BCUT2D eigenvalue weighted by Gasteiger charge is 2.26. The predicted octanol–water partition coefficient (Wildman–Crippen LogP) is 2.81. The maximum Gasteiger partial charge on any atom is 0.220 e. The number of amides is 1. The van der Waals surface area contributed by atoms with Crippen molar-refractivity contribution in [3.05, 3.63) is 40.3 Å². The van der Waals surface area contributed by atoms with Crippen molar-refractivity contribution in [3.8, 4) is 0 Å². The summed E-state index contributed by atoms with van der Waals surface area (Å²) < 4.78 is 2.15. The quantitative estimate of drug-likeness (QED) is 0.840. The van der Waals surface area contributed by atoms with Crippen molar-refractivity contribution in [2.24, 2.45) is 5.92 Å². The number of nitrogens with one attached hydrogen (secondary N) is 1. The minimum absolute atomic E-state index is 0.212. The first-order chi connectivity index (χ1) is 11.8. The lowest BCUT2D eigenvalue weighted by Gasteiger charge is -2.33. The third kappa shape index (κ3) is 3.87. The van der Waals surface area contributed by atoms with Crippen molar-refractivity contribution in [3.63, 3.8) is 0 Å². The second-order valence-electron chi connectivity index (χ2n) is 7.01. The molecule has 1 aliphatic carbocycles. The van der Waals surface area contributed by atoms with Crippen molar-refractivity contribution in [2.45, 2.75) is 44.8 Å². The maximum absolute atomic E-state index is 11.9. The van der Waals surface area contributed by atoms with Crippen LogP contribution in [0.3, 0.4) is 0 Å². The molecule has 1 fully saturated rings. The highest BCUT2D eigenvalue weighted by Crippen LogP contribution is 2.32. The van der Waals surface area contributed by atoms with E-state index < -0.39 is 0 Å². The lowest BCUT2D eigenvalue weighted by atomic mass is 10.1. The smallest absolute Gasteiger partial charge is 0.220 e. The van der Waals surface area contributed by atoms with Crippen LogP contribution >= 0.6 is 11.3 Å². The summed E-state index contributed by atoms with van der Waals surface area (Å²) in [6, 6.07) is 4.64. The van der Waals surface area contributed by atoms with Gasteiger partial charge < -0.3 is 5.32 Å². The Morgan fingerprint density at radius 3 is 3.08 bits per heavy atom. The molecule has 0 bridgehead atoms. The molecule has 2 aliphatic rings. The van der Waals surface area contributed by atoms with Crippen molar-refractivity contribution >= 4 is 17.2 Å². The molecule has 0 saturated heterocycles. The molecule has 1 saturated carbocycles. The van der Waals surface area contributed by atoms with Gasteiger partial charge in [0.05, 0.1) is 11.7 Å². The van der Waals surface area contributed by atoms with E-state index >= 15 is 0 Å². The Kier molecular flexibility index (Phi) is 4.67. The molecule has 0 radical (unpaired) electrons.